The number of amides is 1. The first kappa shape index (κ1) is 12.8. The van der Waals surface area contributed by atoms with Crippen molar-refractivity contribution in [3.63, 3.8) is 0 Å². The number of nitrogens with one attached hydrogen (secondary N) is 1. The molecule has 0 radical (unpaired) electrons. The molecule has 1 unspecified atom stereocenters. The van der Waals surface area contributed by atoms with Crippen LogP contribution in [0.5, 0.6) is 11.5 Å². The Labute approximate surface area is 120 Å². The van der Waals surface area contributed by atoms with Crippen LogP contribution in [0.25, 0.3) is 0 Å². The van der Waals surface area contributed by atoms with Gasteiger partial charge in [-0.25, -0.2) is 0 Å². The predicted octanol–water partition coefficient (Wildman–Crippen LogP) is 2.91. The zero-order valence-electron chi connectivity index (χ0n) is 10.5. The Morgan fingerprint density at radius 3 is 2.95 bits per heavy atom. The van der Waals surface area contributed by atoms with Crippen LogP contribution in [-0.2, 0) is 0 Å². The summed E-state index contributed by atoms with van der Waals surface area (Å²) in [6.07, 6.45) is 0. The summed E-state index contributed by atoms with van der Waals surface area (Å²) in [4.78, 5) is 12.2. The predicted molar refractivity (Wildman–Crippen MR) is 75.3 cm³/mol. The molecule has 0 saturated carbocycles. The topological polar surface area (TPSA) is 58.6 Å². The molecule has 20 heavy (non-hydrogen) atoms. The van der Waals surface area contributed by atoms with Gasteiger partial charge in [0.15, 0.2) is 0 Å². The number of aromatic hydroxyl groups is 1. The highest BCUT2D eigenvalue weighted by Crippen LogP contribution is 2.32. The number of fused-ring (bicyclic) bond motifs is 1. The highest BCUT2D eigenvalue weighted by Gasteiger charge is 2.26. The number of phenols is 1. The van der Waals surface area contributed by atoms with E-state index in [1.807, 2.05) is 24.3 Å². The van der Waals surface area contributed by atoms with E-state index >= 15 is 0 Å². The van der Waals surface area contributed by atoms with Crippen molar-refractivity contribution in [1.82, 2.24) is 5.32 Å². The molecule has 102 valence electrons. The summed E-state index contributed by atoms with van der Waals surface area (Å²) in [7, 11) is 0. The van der Waals surface area contributed by atoms with Crippen molar-refractivity contribution < 1.29 is 14.6 Å². The van der Waals surface area contributed by atoms with E-state index in [1.54, 1.807) is 0 Å². The van der Waals surface area contributed by atoms with Gasteiger partial charge in [-0.3, -0.25) is 4.79 Å². The van der Waals surface area contributed by atoms with Gasteiger partial charge in [0.25, 0.3) is 5.91 Å². The van der Waals surface area contributed by atoms with Crippen molar-refractivity contribution in [2.75, 3.05) is 6.61 Å². The van der Waals surface area contributed by atoms with Crippen molar-refractivity contribution in [2.24, 2.45) is 0 Å². The van der Waals surface area contributed by atoms with Crippen LogP contribution in [0.1, 0.15) is 22.0 Å². The molecule has 2 N–H and O–H groups in total. The molecule has 5 heteroatoms. The third-order valence-electron chi connectivity index (χ3n) is 3.20. The highest BCUT2D eigenvalue weighted by atomic mass is 35.5. The van der Waals surface area contributed by atoms with Gasteiger partial charge in [-0.2, -0.15) is 0 Å². The van der Waals surface area contributed by atoms with Gasteiger partial charge in [-0.05, 0) is 24.3 Å². The van der Waals surface area contributed by atoms with Gasteiger partial charge in [-0.1, -0.05) is 29.8 Å². The smallest absolute Gasteiger partial charge is 0.253 e. The van der Waals surface area contributed by atoms with Gasteiger partial charge in [0.1, 0.15) is 18.1 Å². The van der Waals surface area contributed by atoms with Crippen molar-refractivity contribution in [3.8, 4) is 11.5 Å². The van der Waals surface area contributed by atoms with E-state index in [2.05, 4.69) is 5.32 Å². The fourth-order valence-corrected chi connectivity index (χ4v) is 2.41. The van der Waals surface area contributed by atoms with Crippen molar-refractivity contribution in [3.05, 3.63) is 58.6 Å². The molecule has 0 aliphatic carbocycles. The Kier molecular flexibility index (Phi) is 3.24. The average molecular weight is 290 g/mol. The number of ether oxygens (including phenoxy) is 1. The Balaban J connectivity index is 1.82. The third kappa shape index (κ3) is 2.30. The largest absolute Gasteiger partial charge is 0.508 e. The van der Waals surface area contributed by atoms with E-state index in [4.69, 9.17) is 16.3 Å². The van der Waals surface area contributed by atoms with Gasteiger partial charge < -0.3 is 15.2 Å². The zero-order chi connectivity index (χ0) is 14.1. The van der Waals surface area contributed by atoms with E-state index in [-0.39, 0.29) is 23.3 Å². The summed E-state index contributed by atoms with van der Waals surface area (Å²) < 4.78 is 5.50. The Morgan fingerprint density at radius 1 is 1.30 bits per heavy atom. The molecule has 2 aromatic rings. The van der Waals surface area contributed by atoms with Gasteiger partial charge in [0.2, 0.25) is 0 Å². The minimum Gasteiger partial charge on any atom is -0.508 e. The van der Waals surface area contributed by atoms with Crippen LogP contribution in [0.15, 0.2) is 42.5 Å². The van der Waals surface area contributed by atoms with Crippen LogP contribution in [0.4, 0.5) is 0 Å². The standard InChI is InChI=1S/C15H12ClNO3/c16-12-6-5-9(18)7-11(12)15(19)17-13-8-20-14-4-2-1-3-10(13)14/h1-7,13,18H,8H2,(H,17,19). The number of carbonyl (C=O) groups excluding carboxylic acids is 1. The first-order valence-corrected chi connectivity index (χ1v) is 6.54. The first-order valence-electron chi connectivity index (χ1n) is 6.16. The summed E-state index contributed by atoms with van der Waals surface area (Å²) >= 11 is 5.97. The van der Waals surface area contributed by atoms with Gasteiger partial charge >= 0.3 is 0 Å². The maximum absolute atomic E-state index is 12.2. The number of halogens is 1. The molecule has 0 bridgehead atoms. The Morgan fingerprint density at radius 2 is 2.10 bits per heavy atom. The molecule has 1 atom stereocenters. The number of hydrogen-bond donors (Lipinski definition) is 2. The summed E-state index contributed by atoms with van der Waals surface area (Å²) in [6, 6.07) is 11.6. The van der Waals surface area contributed by atoms with Crippen LogP contribution < -0.4 is 10.1 Å². The SMILES string of the molecule is O=C(NC1COc2ccccc21)c1cc(O)ccc1Cl. The minimum absolute atomic E-state index is 0.00243. The summed E-state index contributed by atoms with van der Waals surface area (Å²) in [5.41, 5.74) is 1.19. The first-order chi connectivity index (χ1) is 9.65. The normalized spacial score (nSPS) is 16.4. The molecule has 0 saturated heterocycles. The lowest BCUT2D eigenvalue weighted by molar-refractivity contribution is 0.0930. The van der Waals surface area contributed by atoms with E-state index < -0.39 is 0 Å². The lowest BCUT2D eigenvalue weighted by Gasteiger charge is -2.12. The maximum atomic E-state index is 12.2. The lowest BCUT2D eigenvalue weighted by atomic mass is 10.1. The summed E-state index contributed by atoms with van der Waals surface area (Å²) in [5.74, 6) is 0.443. The number of carbonyl (C=O) groups is 1. The molecular weight excluding hydrogens is 278 g/mol. The molecule has 2 aromatic carbocycles. The fourth-order valence-electron chi connectivity index (χ4n) is 2.21. The zero-order valence-corrected chi connectivity index (χ0v) is 11.2. The second-order valence-corrected chi connectivity index (χ2v) is 4.95. The molecular formula is C15H12ClNO3. The van der Waals surface area contributed by atoms with Crippen LogP contribution in [-0.4, -0.2) is 17.6 Å². The van der Waals surface area contributed by atoms with Gasteiger partial charge in [-0.15, -0.1) is 0 Å². The van der Waals surface area contributed by atoms with Crippen molar-refractivity contribution >= 4 is 17.5 Å². The van der Waals surface area contributed by atoms with E-state index in [0.29, 0.717) is 11.6 Å². The van der Waals surface area contributed by atoms with E-state index in [1.165, 1.54) is 18.2 Å². The summed E-state index contributed by atoms with van der Waals surface area (Å²) in [5, 5.41) is 12.6. The van der Waals surface area contributed by atoms with Crippen LogP contribution in [0.3, 0.4) is 0 Å². The number of para-hydroxylation sites is 1. The molecule has 3 rings (SSSR count). The monoisotopic (exact) mass is 289 g/mol. The van der Waals surface area contributed by atoms with Crippen molar-refractivity contribution in [1.29, 1.82) is 0 Å². The van der Waals surface area contributed by atoms with Gasteiger partial charge in [0.05, 0.1) is 16.6 Å². The van der Waals surface area contributed by atoms with E-state index in [0.717, 1.165) is 11.3 Å². The molecule has 4 nitrogen and oxygen atoms in total. The number of benzene rings is 2. The van der Waals surface area contributed by atoms with Gasteiger partial charge in [0, 0.05) is 5.56 Å². The third-order valence-corrected chi connectivity index (χ3v) is 3.53. The second-order valence-electron chi connectivity index (χ2n) is 4.54. The lowest BCUT2D eigenvalue weighted by Crippen LogP contribution is -2.29. The number of phenolic OH excluding ortho intramolecular Hbond substituents is 1. The molecule has 1 aliphatic rings. The maximum Gasteiger partial charge on any atom is 0.253 e. The van der Waals surface area contributed by atoms with Crippen LogP contribution in [0, 0.1) is 0 Å². The molecule has 1 aliphatic heterocycles. The molecule has 0 fully saturated rings. The minimum atomic E-state index is -0.337. The Bertz CT molecular complexity index is 672. The van der Waals surface area contributed by atoms with Crippen molar-refractivity contribution in [2.45, 2.75) is 6.04 Å². The molecule has 1 heterocycles. The molecule has 0 spiro atoms. The van der Waals surface area contributed by atoms with E-state index in [9.17, 15) is 9.90 Å². The van der Waals surface area contributed by atoms with Crippen LogP contribution >= 0.6 is 11.6 Å². The van der Waals surface area contributed by atoms with Crippen LogP contribution in [0.2, 0.25) is 5.02 Å². The highest BCUT2D eigenvalue weighted by molar-refractivity contribution is 6.33. The fraction of sp³-hybridized carbons (Fsp3) is 0.133. The molecule has 1 amide bonds. The average Bonchev–Trinajstić information content (AvgIpc) is 2.85. The number of rotatable bonds is 2. The summed E-state index contributed by atoms with van der Waals surface area (Å²) in [6.45, 7) is 0.390. The molecule has 0 aromatic heterocycles. The Hall–Kier alpha value is -2.20. The quantitative estimate of drug-likeness (QED) is 0.894. The number of hydrogen-bond acceptors (Lipinski definition) is 3. The second kappa shape index (κ2) is 5.06.